The molecule has 0 aliphatic heterocycles. The fourth-order valence-corrected chi connectivity index (χ4v) is 2.98. The number of hydrogen-bond acceptors (Lipinski definition) is 4. The Morgan fingerprint density at radius 1 is 1.29 bits per heavy atom. The minimum atomic E-state index is -0.482. The van der Waals surface area contributed by atoms with Crippen LogP contribution in [0, 0.1) is 13.7 Å². The van der Waals surface area contributed by atoms with Crippen LogP contribution in [0.2, 0.25) is 0 Å². The Kier molecular flexibility index (Phi) is 4.13. The first kappa shape index (κ1) is 15.6. The van der Waals surface area contributed by atoms with Crippen LogP contribution in [-0.4, -0.2) is 14.9 Å². The third kappa shape index (κ3) is 3.12. The highest BCUT2D eigenvalue weighted by Crippen LogP contribution is 2.29. The molecule has 0 fully saturated rings. The van der Waals surface area contributed by atoms with Crippen LogP contribution < -0.4 is 5.56 Å². The van der Waals surface area contributed by atoms with Gasteiger partial charge < -0.3 is 4.98 Å². The Hall–Kier alpha value is -1.77. The predicted molar refractivity (Wildman–Crippen MR) is 88.4 cm³/mol. The van der Waals surface area contributed by atoms with E-state index in [1.54, 1.807) is 18.2 Å². The molecule has 21 heavy (non-hydrogen) atoms. The molecule has 0 atom stereocenters. The zero-order valence-corrected chi connectivity index (χ0v) is 14.0. The molecule has 6 nitrogen and oxygen atoms in total. The van der Waals surface area contributed by atoms with Crippen molar-refractivity contribution in [3.63, 3.8) is 0 Å². The molecular weight excluding hydrogens is 385 g/mol. The van der Waals surface area contributed by atoms with Crippen molar-refractivity contribution in [2.45, 2.75) is 26.2 Å². The van der Waals surface area contributed by atoms with Gasteiger partial charge in [-0.15, -0.1) is 0 Å². The maximum absolute atomic E-state index is 12.1. The van der Waals surface area contributed by atoms with Crippen LogP contribution in [0.4, 0.5) is 5.69 Å². The van der Waals surface area contributed by atoms with E-state index >= 15 is 0 Å². The summed E-state index contributed by atoms with van der Waals surface area (Å²) in [6, 6.07) is 6.23. The van der Waals surface area contributed by atoms with Gasteiger partial charge in [-0.3, -0.25) is 14.9 Å². The Morgan fingerprint density at radius 2 is 1.90 bits per heavy atom. The number of hydrogen-bond donors (Lipinski definition) is 1. The van der Waals surface area contributed by atoms with Crippen molar-refractivity contribution in [2.24, 2.45) is 0 Å². The van der Waals surface area contributed by atoms with Gasteiger partial charge >= 0.3 is 0 Å². The maximum atomic E-state index is 12.1. The van der Waals surface area contributed by atoms with Crippen LogP contribution >= 0.6 is 22.6 Å². The highest BCUT2D eigenvalue weighted by Gasteiger charge is 2.24. The molecule has 0 saturated carbocycles. The molecule has 0 amide bonds. The second-order valence-corrected chi connectivity index (χ2v) is 6.68. The zero-order valence-electron chi connectivity index (χ0n) is 11.8. The Morgan fingerprint density at radius 3 is 2.48 bits per heavy atom. The summed E-state index contributed by atoms with van der Waals surface area (Å²) in [6.45, 7) is 5.83. The summed E-state index contributed by atoms with van der Waals surface area (Å²) in [7, 11) is 0. The molecule has 1 aromatic carbocycles. The molecule has 2 aromatic rings. The Bertz CT molecular complexity index is 763. The van der Waals surface area contributed by atoms with E-state index in [1.807, 2.05) is 43.4 Å². The lowest BCUT2D eigenvalue weighted by Crippen LogP contribution is -2.24. The number of benzene rings is 1. The number of H-pyrrole nitrogens is 1. The van der Waals surface area contributed by atoms with Crippen molar-refractivity contribution in [2.75, 3.05) is 0 Å². The molecule has 0 spiro atoms. The van der Waals surface area contributed by atoms with E-state index in [0.717, 1.165) is 0 Å². The van der Waals surface area contributed by atoms with Gasteiger partial charge in [0, 0.05) is 11.5 Å². The van der Waals surface area contributed by atoms with Gasteiger partial charge in [0.05, 0.1) is 16.2 Å². The third-order valence-corrected chi connectivity index (χ3v) is 3.93. The summed E-state index contributed by atoms with van der Waals surface area (Å²) >= 11 is 1.95. The summed E-state index contributed by atoms with van der Waals surface area (Å²) in [4.78, 5) is 29.8. The fraction of sp³-hybridized carbons (Fsp3) is 0.286. The van der Waals surface area contributed by atoms with Gasteiger partial charge in [-0.2, -0.15) is 0 Å². The van der Waals surface area contributed by atoms with E-state index in [4.69, 9.17) is 0 Å². The van der Waals surface area contributed by atoms with Gasteiger partial charge in [0.15, 0.2) is 0 Å². The lowest BCUT2D eigenvalue weighted by atomic mass is 9.92. The highest BCUT2D eigenvalue weighted by molar-refractivity contribution is 14.1. The van der Waals surface area contributed by atoms with Gasteiger partial charge in [0.1, 0.15) is 9.39 Å². The number of nitrogens with zero attached hydrogens (tertiary/aromatic N) is 2. The van der Waals surface area contributed by atoms with Crippen molar-refractivity contribution in [1.82, 2.24) is 9.97 Å². The number of para-hydroxylation sites is 1. The summed E-state index contributed by atoms with van der Waals surface area (Å²) in [5.41, 5.74) is 0.232. The smallest absolute Gasteiger partial charge is 0.280 e. The molecular formula is C14H14IN3O3. The minimum Gasteiger partial charge on any atom is -0.305 e. The van der Waals surface area contributed by atoms with Gasteiger partial charge in [-0.25, -0.2) is 4.98 Å². The molecule has 1 heterocycles. The van der Waals surface area contributed by atoms with Crippen molar-refractivity contribution in [3.05, 3.63) is 54.0 Å². The molecule has 1 aromatic heterocycles. The topological polar surface area (TPSA) is 88.9 Å². The van der Waals surface area contributed by atoms with Crippen LogP contribution in [0.3, 0.4) is 0 Å². The van der Waals surface area contributed by atoms with Crippen LogP contribution in [0.5, 0.6) is 0 Å². The van der Waals surface area contributed by atoms with E-state index in [1.165, 1.54) is 6.07 Å². The highest BCUT2D eigenvalue weighted by atomic mass is 127. The van der Waals surface area contributed by atoms with Gasteiger partial charge in [-0.05, 0) is 28.7 Å². The van der Waals surface area contributed by atoms with Gasteiger partial charge in [-0.1, -0.05) is 32.9 Å². The summed E-state index contributed by atoms with van der Waals surface area (Å²) in [5, 5.41) is 11.1. The third-order valence-electron chi connectivity index (χ3n) is 2.93. The molecule has 110 valence electrons. The average Bonchev–Trinajstić information content (AvgIpc) is 2.40. The fourth-order valence-electron chi connectivity index (χ4n) is 1.92. The quantitative estimate of drug-likeness (QED) is 0.477. The Balaban J connectivity index is 2.75. The SMILES string of the molecule is CC(C)(C)c1nc(-c2ccccc2[N+](=O)[O-])[nH]c(=O)c1I. The molecule has 0 radical (unpaired) electrons. The second-order valence-electron chi connectivity index (χ2n) is 5.60. The number of aromatic nitrogens is 2. The number of nitrogens with one attached hydrogen (secondary N) is 1. The first-order valence-corrected chi connectivity index (χ1v) is 7.34. The number of nitro groups is 1. The molecule has 2 rings (SSSR count). The normalized spacial score (nSPS) is 11.4. The molecule has 7 heteroatoms. The maximum Gasteiger partial charge on any atom is 0.280 e. The average molecular weight is 399 g/mol. The van der Waals surface area contributed by atoms with Crippen molar-refractivity contribution in [3.8, 4) is 11.4 Å². The number of halogens is 1. The van der Waals surface area contributed by atoms with Crippen LogP contribution in [0.15, 0.2) is 29.1 Å². The van der Waals surface area contributed by atoms with Crippen LogP contribution in [-0.2, 0) is 5.41 Å². The largest absolute Gasteiger partial charge is 0.305 e. The minimum absolute atomic E-state index is 0.0817. The first-order chi connectivity index (χ1) is 9.71. The standard InChI is InChI=1S/C14H14IN3O3/c1-14(2,3)11-10(15)13(19)17-12(16-11)8-6-4-5-7-9(8)18(20)21/h4-7H,1-3H3,(H,16,17,19). The van der Waals surface area contributed by atoms with E-state index in [0.29, 0.717) is 14.8 Å². The number of rotatable bonds is 2. The van der Waals surface area contributed by atoms with E-state index in [9.17, 15) is 14.9 Å². The van der Waals surface area contributed by atoms with Crippen molar-refractivity contribution in [1.29, 1.82) is 0 Å². The molecule has 0 aliphatic carbocycles. The molecule has 0 saturated heterocycles. The summed E-state index contributed by atoms with van der Waals surface area (Å²) < 4.78 is 0.502. The van der Waals surface area contributed by atoms with E-state index < -0.39 is 4.92 Å². The van der Waals surface area contributed by atoms with Crippen LogP contribution in [0.25, 0.3) is 11.4 Å². The molecule has 0 bridgehead atoms. The van der Waals surface area contributed by atoms with Crippen molar-refractivity contribution >= 4 is 28.3 Å². The number of aromatic amines is 1. The van der Waals surface area contributed by atoms with E-state index in [-0.39, 0.29) is 22.5 Å². The van der Waals surface area contributed by atoms with Gasteiger partial charge in [0.2, 0.25) is 0 Å². The van der Waals surface area contributed by atoms with Crippen LogP contribution in [0.1, 0.15) is 26.5 Å². The molecule has 0 aliphatic rings. The lowest BCUT2D eigenvalue weighted by Gasteiger charge is -2.19. The van der Waals surface area contributed by atoms with Crippen molar-refractivity contribution < 1.29 is 4.92 Å². The molecule has 1 N–H and O–H groups in total. The monoisotopic (exact) mass is 399 g/mol. The lowest BCUT2D eigenvalue weighted by molar-refractivity contribution is -0.384. The molecule has 0 unspecified atom stereocenters. The first-order valence-electron chi connectivity index (χ1n) is 6.26. The second kappa shape index (κ2) is 5.55. The number of nitro benzene ring substituents is 1. The Labute approximate surface area is 134 Å². The predicted octanol–water partition coefficient (Wildman–Crippen LogP) is 3.25. The van der Waals surface area contributed by atoms with Gasteiger partial charge in [0.25, 0.3) is 11.2 Å². The summed E-state index contributed by atoms with van der Waals surface area (Å²) in [5.74, 6) is 0.220. The van der Waals surface area contributed by atoms with E-state index in [2.05, 4.69) is 9.97 Å². The summed E-state index contributed by atoms with van der Waals surface area (Å²) in [6.07, 6.45) is 0. The zero-order chi connectivity index (χ0) is 15.8.